The molecule has 18 heavy (non-hydrogen) atoms. The number of aromatic hydroxyl groups is 1. The van der Waals surface area contributed by atoms with Gasteiger partial charge in [-0.15, -0.1) is 0 Å². The standard InChI is InChI=1S/C14H18N2O2/c15-14(18)7-10-16-8-5-12(6-9-16)11-1-3-13(17)4-2-11/h1-5,17H,6-10H2,(H2,15,18). The van der Waals surface area contributed by atoms with Crippen LogP contribution in [0.1, 0.15) is 18.4 Å². The maximum absolute atomic E-state index is 10.7. The Labute approximate surface area is 107 Å². The third kappa shape index (κ3) is 3.34. The van der Waals surface area contributed by atoms with Crippen LogP contribution >= 0.6 is 0 Å². The SMILES string of the molecule is NC(=O)CCN1CC=C(c2ccc(O)cc2)CC1. The molecule has 4 nitrogen and oxygen atoms in total. The van der Waals surface area contributed by atoms with Gasteiger partial charge in [0.2, 0.25) is 5.91 Å². The molecule has 1 aliphatic heterocycles. The second-order valence-corrected chi connectivity index (χ2v) is 4.54. The third-order valence-corrected chi connectivity index (χ3v) is 3.21. The first kappa shape index (κ1) is 12.6. The highest BCUT2D eigenvalue weighted by Crippen LogP contribution is 2.23. The Balaban J connectivity index is 1.94. The molecule has 1 amide bonds. The minimum atomic E-state index is -0.247. The van der Waals surface area contributed by atoms with Crippen LogP contribution in [0.4, 0.5) is 0 Å². The maximum Gasteiger partial charge on any atom is 0.218 e. The third-order valence-electron chi connectivity index (χ3n) is 3.21. The van der Waals surface area contributed by atoms with Crippen LogP contribution in [0.5, 0.6) is 5.75 Å². The van der Waals surface area contributed by atoms with Crippen LogP contribution in [-0.2, 0) is 4.79 Å². The first-order valence-electron chi connectivity index (χ1n) is 6.14. The molecule has 0 aliphatic carbocycles. The van der Waals surface area contributed by atoms with Gasteiger partial charge in [0, 0.05) is 26.1 Å². The molecule has 3 N–H and O–H groups in total. The van der Waals surface area contributed by atoms with Crippen LogP contribution in [0.15, 0.2) is 30.3 Å². The van der Waals surface area contributed by atoms with Crippen LogP contribution < -0.4 is 5.73 Å². The van der Waals surface area contributed by atoms with Crippen LogP contribution in [-0.4, -0.2) is 35.5 Å². The quantitative estimate of drug-likeness (QED) is 0.843. The van der Waals surface area contributed by atoms with Gasteiger partial charge in [-0.25, -0.2) is 0 Å². The summed E-state index contributed by atoms with van der Waals surface area (Å²) in [6.45, 7) is 2.53. The van der Waals surface area contributed by atoms with Crippen molar-refractivity contribution in [2.75, 3.05) is 19.6 Å². The second kappa shape index (κ2) is 5.69. The maximum atomic E-state index is 10.7. The van der Waals surface area contributed by atoms with Gasteiger partial charge in [-0.3, -0.25) is 9.69 Å². The predicted octanol–water partition coefficient (Wildman–Crippen LogP) is 1.36. The molecule has 0 fully saturated rings. The number of hydrogen-bond donors (Lipinski definition) is 2. The zero-order chi connectivity index (χ0) is 13.0. The van der Waals surface area contributed by atoms with Crippen molar-refractivity contribution in [2.24, 2.45) is 5.73 Å². The Morgan fingerprint density at radius 3 is 2.61 bits per heavy atom. The minimum Gasteiger partial charge on any atom is -0.508 e. The largest absolute Gasteiger partial charge is 0.508 e. The zero-order valence-electron chi connectivity index (χ0n) is 10.3. The van der Waals surface area contributed by atoms with Crippen molar-refractivity contribution >= 4 is 11.5 Å². The van der Waals surface area contributed by atoms with E-state index in [-0.39, 0.29) is 5.91 Å². The molecule has 0 saturated heterocycles. The second-order valence-electron chi connectivity index (χ2n) is 4.54. The number of rotatable bonds is 4. The van der Waals surface area contributed by atoms with E-state index in [9.17, 15) is 9.90 Å². The topological polar surface area (TPSA) is 66.6 Å². The molecule has 0 unspecified atom stereocenters. The summed E-state index contributed by atoms with van der Waals surface area (Å²) < 4.78 is 0. The highest BCUT2D eigenvalue weighted by atomic mass is 16.3. The molecule has 1 heterocycles. The van der Waals surface area contributed by atoms with Crippen molar-refractivity contribution < 1.29 is 9.90 Å². The molecule has 0 aromatic heterocycles. The lowest BCUT2D eigenvalue weighted by Gasteiger charge is -2.25. The van der Waals surface area contributed by atoms with Crippen LogP contribution in [0.25, 0.3) is 5.57 Å². The van der Waals surface area contributed by atoms with Gasteiger partial charge < -0.3 is 10.8 Å². The lowest BCUT2D eigenvalue weighted by Crippen LogP contribution is -2.31. The Morgan fingerprint density at radius 1 is 1.33 bits per heavy atom. The Bertz CT molecular complexity index is 451. The number of phenols is 1. The summed E-state index contributed by atoms with van der Waals surface area (Å²) >= 11 is 0. The molecule has 0 saturated carbocycles. The summed E-state index contributed by atoms with van der Waals surface area (Å²) in [4.78, 5) is 12.9. The van der Waals surface area contributed by atoms with E-state index in [4.69, 9.17) is 5.73 Å². The first-order chi connectivity index (χ1) is 8.65. The van der Waals surface area contributed by atoms with E-state index < -0.39 is 0 Å². The van der Waals surface area contributed by atoms with E-state index in [1.54, 1.807) is 12.1 Å². The van der Waals surface area contributed by atoms with Gasteiger partial charge in [-0.1, -0.05) is 18.2 Å². The molecular formula is C14H18N2O2. The number of hydrogen-bond acceptors (Lipinski definition) is 3. The van der Waals surface area contributed by atoms with Crippen LogP contribution in [0.3, 0.4) is 0 Å². The van der Waals surface area contributed by atoms with Crippen molar-refractivity contribution in [3.63, 3.8) is 0 Å². The summed E-state index contributed by atoms with van der Waals surface area (Å²) in [5.74, 6) is 0.0431. The monoisotopic (exact) mass is 246 g/mol. The average molecular weight is 246 g/mol. The molecular weight excluding hydrogens is 228 g/mol. The van der Waals surface area contributed by atoms with Gasteiger partial charge in [0.15, 0.2) is 0 Å². The molecule has 2 rings (SSSR count). The van der Waals surface area contributed by atoms with Crippen molar-refractivity contribution in [1.82, 2.24) is 4.90 Å². The number of carbonyl (C=O) groups is 1. The number of carbonyl (C=O) groups excluding carboxylic acids is 1. The van der Waals surface area contributed by atoms with E-state index in [2.05, 4.69) is 11.0 Å². The minimum absolute atomic E-state index is 0.247. The van der Waals surface area contributed by atoms with E-state index in [0.717, 1.165) is 31.6 Å². The summed E-state index contributed by atoms with van der Waals surface area (Å²) in [5.41, 5.74) is 7.59. The molecule has 0 radical (unpaired) electrons. The highest BCUT2D eigenvalue weighted by molar-refractivity contribution is 5.74. The summed E-state index contributed by atoms with van der Waals surface area (Å²) in [6.07, 6.45) is 3.56. The summed E-state index contributed by atoms with van der Waals surface area (Å²) in [6, 6.07) is 7.27. The van der Waals surface area contributed by atoms with Crippen molar-refractivity contribution in [2.45, 2.75) is 12.8 Å². The molecule has 0 atom stereocenters. The molecule has 1 aliphatic rings. The summed E-state index contributed by atoms with van der Waals surface area (Å²) in [5, 5.41) is 9.25. The van der Waals surface area contributed by atoms with Crippen molar-refractivity contribution in [3.05, 3.63) is 35.9 Å². The normalized spacial score (nSPS) is 16.3. The first-order valence-corrected chi connectivity index (χ1v) is 6.14. The number of benzene rings is 1. The molecule has 96 valence electrons. The molecule has 0 bridgehead atoms. The predicted molar refractivity (Wildman–Crippen MR) is 71.0 cm³/mol. The lowest BCUT2D eigenvalue weighted by molar-refractivity contribution is -0.118. The van der Waals surface area contributed by atoms with Crippen LogP contribution in [0.2, 0.25) is 0 Å². The molecule has 1 aromatic rings. The Kier molecular flexibility index (Phi) is 3.99. The molecule has 0 spiro atoms. The number of nitrogens with two attached hydrogens (primary N) is 1. The van der Waals surface area contributed by atoms with Crippen molar-refractivity contribution in [3.8, 4) is 5.75 Å². The Hall–Kier alpha value is -1.81. The van der Waals surface area contributed by atoms with E-state index in [0.29, 0.717) is 12.2 Å². The number of amides is 1. The average Bonchev–Trinajstić information content (AvgIpc) is 2.38. The fourth-order valence-electron chi connectivity index (χ4n) is 2.12. The van der Waals surface area contributed by atoms with Gasteiger partial charge in [-0.05, 0) is 29.7 Å². The highest BCUT2D eigenvalue weighted by Gasteiger charge is 2.13. The fraction of sp³-hybridized carbons (Fsp3) is 0.357. The van der Waals surface area contributed by atoms with Gasteiger partial charge in [0.05, 0.1) is 0 Å². The lowest BCUT2D eigenvalue weighted by atomic mass is 9.99. The van der Waals surface area contributed by atoms with Gasteiger partial charge >= 0.3 is 0 Å². The van der Waals surface area contributed by atoms with E-state index in [1.165, 1.54) is 5.57 Å². The van der Waals surface area contributed by atoms with Gasteiger partial charge in [-0.2, -0.15) is 0 Å². The molecule has 4 heteroatoms. The summed E-state index contributed by atoms with van der Waals surface area (Å²) in [7, 11) is 0. The Morgan fingerprint density at radius 2 is 2.06 bits per heavy atom. The van der Waals surface area contributed by atoms with Gasteiger partial charge in [0.25, 0.3) is 0 Å². The van der Waals surface area contributed by atoms with Crippen LogP contribution in [0, 0.1) is 0 Å². The zero-order valence-corrected chi connectivity index (χ0v) is 10.3. The fourth-order valence-corrected chi connectivity index (χ4v) is 2.12. The number of primary amides is 1. The van der Waals surface area contributed by atoms with Crippen molar-refractivity contribution in [1.29, 1.82) is 0 Å². The van der Waals surface area contributed by atoms with E-state index >= 15 is 0 Å². The number of phenolic OH excluding ortho intramolecular Hbond substituents is 1. The number of nitrogens with zero attached hydrogens (tertiary/aromatic N) is 1. The smallest absolute Gasteiger partial charge is 0.218 e. The van der Waals surface area contributed by atoms with E-state index in [1.807, 2.05) is 12.1 Å². The molecule has 1 aromatic carbocycles. The van der Waals surface area contributed by atoms with Gasteiger partial charge in [0.1, 0.15) is 5.75 Å².